The van der Waals surface area contributed by atoms with Gasteiger partial charge in [-0.2, -0.15) is 13.2 Å². The van der Waals surface area contributed by atoms with Crippen LogP contribution >= 0.6 is 11.8 Å². The van der Waals surface area contributed by atoms with Gasteiger partial charge in [-0.25, -0.2) is 9.97 Å². The molecule has 4 rings (SSSR count). The molecule has 0 radical (unpaired) electrons. The maximum atomic E-state index is 13.4. The lowest BCUT2D eigenvalue weighted by molar-refractivity contribution is -0.142. The molecule has 1 heterocycles. The van der Waals surface area contributed by atoms with Gasteiger partial charge in [0.2, 0.25) is 5.91 Å². The van der Waals surface area contributed by atoms with Crippen LogP contribution < -0.4 is 5.32 Å². The van der Waals surface area contributed by atoms with E-state index in [2.05, 4.69) is 15.3 Å². The van der Waals surface area contributed by atoms with Crippen LogP contribution in [-0.4, -0.2) is 21.6 Å². The molecule has 2 aromatic carbocycles. The monoisotopic (exact) mass is 417 g/mol. The maximum absolute atomic E-state index is 13.4. The van der Waals surface area contributed by atoms with Gasteiger partial charge in [-0.05, 0) is 37.1 Å². The number of anilines is 1. The fourth-order valence-corrected chi connectivity index (χ4v) is 4.18. The Bertz CT molecular complexity index is 1060. The molecule has 1 N–H and O–H groups in total. The summed E-state index contributed by atoms with van der Waals surface area (Å²) < 4.78 is 40.2. The average Bonchev–Trinajstić information content (AvgIpc) is 2.71. The number of hydrogen-bond donors (Lipinski definition) is 1. The van der Waals surface area contributed by atoms with Crippen molar-refractivity contribution in [1.82, 2.24) is 9.97 Å². The quantitative estimate of drug-likeness (QED) is 0.465. The molecule has 0 fully saturated rings. The van der Waals surface area contributed by atoms with Crippen molar-refractivity contribution in [2.24, 2.45) is 0 Å². The number of amides is 1. The van der Waals surface area contributed by atoms with Gasteiger partial charge in [0.15, 0.2) is 10.9 Å². The van der Waals surface area contributed by atoms with E-state index in [1.165, 1.54) is 0 Å². The van der Waals surface area contributed by atoms with E-state index in [1.54, 1.807) is 6.07 Å². The Balaban J connectivity index is 1.51. The number of halogens is 3. The molecule has 0 spiro atoms. The Morgan fingerprint density at radius 3 is 2.62 bits per heavy atom. The highest BCUT2D eigenvalue weighted by Gasteiger charge is 2.38. The van der Waals surface area contributed by atoms with E-state index in [1.807, 2.05) is 36.4 Å². The first-order valence-electron chi connectivity index (χ1n) is 9.29. The molecule has 3 aromatic rings. The zero-order chi connectivity index (χ0) is 20.4. The number of aromatic nitrogens is 2. The zero-order valence-electron chi connectivity index (χ0n) is 15.4. The van der Waals surface area contributed by atoms with Crippen LogP contribution in [0.4, 0.5) is 18.9 Å². The molecule has 0 bridgehead atoms. The zero-order valence-corrected chi connectivity index (χ0v) is 16.2. The summed E-state index contributed by atoms with van der Waals surface area (Å²) in [7, 11) is 0. The van der Waals surface area contributed by atoms with Gasteiger partial charge in [0.05, 0.1) is 5.75 Å². The van der Waals surface area contributed by atoms with Crippen LogP contribution in [0.25, 0.3) is 10.8 Å². The van der Waals surface area contributed by atoms with Crippen molar-refractivity contribution in [1.29, 1.82) is 0 Å². The third-order valence-corrected chi connectivity index (χ3v) is 5.67. The minimum absolute atomic E-state index is 0.00829. The van der Waals surface area contributed by atoms with Gasteiger partial charge in [0.25, 0.3) is 0 Å². The Morgan fingerprint density at radius 2 is 1.79 bits per heavy atom. The van der Waals surface area contributed by atoms with Crippen molar-refractivity contribution in [2.75, 3.05) is 11.1 Å². The highest BCUT2D eigenvalue weighted by molar-refractivity contribution is 7.99. The smallest absolute Gasteiger partial charge is 0.325 e. The van der Waals surface area contributed by atoms with E-state index < -0.39 is 11.9 Å². The lowest BCUT2D eigenvalue weighted by Crippen LogP contribution is -2.20. The molecular weight excluding hydrogens is 399 g/mol. The summed E-state index contributed by atoms with van der Waals surface area (Å²) in [5, 5.41) is 4.71. The van der Waals surface area contributed by atoms with Crippen molar-refractivity contribution in [2.45, 2.75) is 37.0 Å². The number of nitrogens with one attached hydrogen (secondary N) is 1. The minimum atomic E-state index is -4.52. The molecule has 0 unspecified atom stereocenters. The topological polar surface area (TPSA) is 54.9 Å². The maximum Gasteiger partial charge on any atom is 0.433 e. The number of rotatable bonds is 4. The summed E-state index contributed by atoms with van der Waals surface area (Å²) in [6.07, 6.45) is -2.15. The second-order valence-corrected chi connectivity index (χ2v) is 7.79. The van der Waals surface area contributed by atoms with Gasteiger partial charge < -0.3 is 5.32 Å². The van der Waals surface area contributed by atoms with Gasteiger partial charge in [-0.3, -0.25) is 4.79 Å². The lowest BCUT2D eigenvalue weighted by atomic mass is 9.94. The van der Waals surface area contributed by atoms with Crippen molar-refractivity contribution in [3.8, 4) is 0 Å². The first-order chi connectivity index (χ1) is 13.9. The number of carbonyl (C=O) groups excluding carboxylic acids is 1. The normalized spacial score (nSPS) is 13.9. The summed E-state index contributed by atoms with van der Waals surface area (Å²) >= 11 is 0.922. The summed E-state index contributed by atoms with van der Waals surface area (Å²) in [5.74, 6) is -0.388. The van der Waals surface area contributed by atoms with Gasteiger partial charge in [-0.1, -0.05) is 48.2 Å². The van der Waals surface area contributed by atoms with Crippen molar-refractivity contribution < 1.29 is 18.0 Å². The molecule has 1 aliphatic carbocycles. The van der Waals surface area contributed by atoms with E-state index in [-0.39, 0.29) is 22.4 Å². The van der Waals surface area contributed by atoms with Gasteiger partial charge in [-0.15, -0.1) is 0 Å². The third-order valence-electron chi connectivity index (χ3n) is 4.83. The molecule has 0 atom stereocenters. The van der Waals surface area contributed by atoms with Crippen LogP contribution in [-0.2, 0) is 23.8 Å². The molecule has 0 saturated heterocycles. The minimum Gasteiger partial charge on any atom is -0.325 e. The fourth-order valence-electron chi connectivity index (χ4n) is 3.52. The number of alkyl halides is 3. The predicted octanol–water partition coefficient (Wildman–Crippen LogP) is 5.26. The standard InChI is InChI=1S/C21H18F3N3OS/c22-21(23,24)19-15-9-3-4-10-17(15)26-20(27-19)29-12-18(28)25-16-11-5-7-13-6-1-2-8-14(13)16/h1-2,5-8,11H,3-4,9-10,12H2,(H,25,28). The van der Waals surface area contributed by atoms with Gasteiger partial charge >= 0.3 is 6.18 Å². The predicted molar refractivity (Wildman–Crippen MR) is 107 cm³/mol. The molecule has 0 saturated carbocycles. The lowest BCUT2D eigenvalue weighted by Gasteiger charge is -2.20. The summed E-state index contributed by atoms with van der Waals surface area (Å²) in [6, 6.07) is 13.2. The Morgan fingerprint density at radius 1 is 1.03 bits per heavy atom. The van der Waals surface area contributed by atoms with Gasteiger partial charge in [0, 0.05) is 22.3 Å². The molecule has 1 aromatic heterocycles. The molecule has 29 heavy (non-hydrogen) atoms. The van der Waals surface area contributed by atoms with Crippen LogP contribution in [0, 0.1) is 0 Å². The molecule has 1 amide bonds. The average molecular weight is 417 g/mol. The number of carbonyl (C=O) groups is 1. The number of hydrogen-bond acceptors (Lipinski definition) is 4. The SMILES string of the molecule is O=C(CSc1nc2c(c(C(F)(F)F)n1)CCCC2)Nc1cccc2ccccc12. The first-order valence-corrected chi connectivity index (χ1v) is 10.3. The van der Waals surface area contributed by atoms with Crippen molar-refractivity contribution >= 4 is 34.1 Å². The number of thioether (sulfide) groups is 1. The van der Waals surface area contributed by atoms with Crippen LogP contribution in [0.2, 0.25) is 0 Å². The van der Waals surface area contributed by atoms with E-state index in [0.717, 1.165) is 29.0 Å². The van der Waals surface area contributed by atoms with E-state index in [4.69, 9.17) is 0 Å². The molecular formula is C21H18F3N3OS. The van der Waals surface area contributed by atoms with Gasteiger partial charge in [0.1, 0.15) is 0 Å². The second-order valence-electron chi connectivity index (χ2n) is 6.85. The van der Waals surface area contributed by atoms with Crippen molar-refractivity contribution in [3.05, 3.63) is 59.4 Å². The molecule has 1 aliphatic rings. The number of nitrogens with zero attached hydrogens (tertiary/aromatic N) is 2. The van der Waals surface area contributed by atoms with Crippen LogP contribution in [0.5, 0.6) is 0 Å². The first kappa shape index (κ1) is 19.7. The van der Waals surface area contributed by atoms with Crippen LogP contribution in [0.3, 0.4) is 0 Å². The number of fused-ring (bicyclic) bond motifs is 2. The third kappa shape index (κ3) is 4.37. The Kier molecular flexibility index (Phi) is 5.45. The Hall–Kier alpha value is -2.61. The van der Waals surface area contributed by atoms with Crippen molar-refractivity contribution in [3.63, 3.8) is 0 Å². The van der Waals surface area contributed by atoms with Crippen LogP contribution in [0.15, 0.2) is 47.6 Å². The Labute approximate surface area is 169 Å². The van der Waals surface area contributed by atoms with E-state index >= 15 is 0 Å². The summed E-state index contributed by atoms with van der Waals surface area (Å²) in [4.78, 5) is 20.4. The van der Waals surface area contributed by atoms with E-state index in [0.29, 0.717) is 30.6 Å². The second kappa shape index (κ2) is 8.02. The largest absolute Gasteiger partial charge is 0.433 e. The fraction of sp³-hybridized carbons (Fsp3) is 0.286. The molecule has 0 aliphatic heterocycles. The van der Waals surface area contributed by atoms with Crippen LogP contribution in [0.1, 0.15) is 29.8 Å². The number of benzene rings is 2. The molecule has 150 valence electrons. The summed E-state index contributed by atoms with van der Waals surface area (Å²) in [5.41, 5.74) is 0.457. The van der Waals surface area contributed by atoms with E-state index in [9.17, 15) is 18.0 Å². The number of aryl methyl sites for hydroxylation is 1. The summed E-state index contributed by atoms with van der Waals surface area (Å²) in [6.45, 7) is 0. The highest BCUT2D eigenvalue weighted by Crippen LogP contribution is 2.35. The molecule has 4 nitrogen and oxygen atoms in total. The molecule has 8 heteroatoms. The highest BCUT2D eigenvalue weighted by atomic mass is 32.2.